The highest BCUT2D eigenvalue weighted by Crippen LogP contribution is 2.19. The Labute approximate surface area is 114 Å². The van der Waals surface area contributed by atoms with Crippen LogP contribution in [0.15, 0.2) is 30.3 Å². The molecule has 0 bridgehead atoms. The lowest BCUT2D eigenvalue weighted by atomic mass is 10.1. The molecule has 0 saturated carbocycles. The van der Waals surface area contributed by atoms with Gasteiger partial charge in [0.05, 0.1) is 6.54 Å². The van der Waals surface area contributed by atoms with Crippen molar-refractivity contribution in [3.8, 4) is 5.75 Å². The molecule has 1 saturated heterocycles. The monoisotopic (exact) mass is 284 g/mol. The molecule has 1 heterocycles. The highest BCUT2D eigenvalue weighted by molar-refractivity contribution is 7.87. The lowest BCUT2D eigenvalue weighted by molar-refractivity contribution is 0.129. The Morgan fingerprint density at radius 1 is 1.37 bits per heavy atom. The largest absolute Gasteiger partial charge is 0.489 e. The summed E-state index contributed by atoms with van der Waals surface area (Å²) in [6, 6.07) is 9.52. The first-order chi connectivity index (χ1) is 9.12. The van der Waals surface area contributed by atoms with E-state index in [0.717, 1.165) is 18.6 Å². The normalized spacial score (nSPS) is 21.2. The third-order valence-electron chi connectivity index (χ3n) is 3.05. The molecule has 6 heteroatoms. The van der Waals surface area contributed by atoms with Crippen LogP contribution in [0.3, 0.4) is 0 Å². The Bertz CT molecular complexity index is 490. The number of rotatable bonds is 5. The third kappa shape index (κ3) is 3.92. The van der Waals surface area contributed by atoms with Gasteiger partial charge in [-0.2, -0.15) is 12.7 Å². The molecular weight excluding hydrogens is 264 g/mol. The molecule has 106 valence electrons. The van der Waals surface area contributed by atoms with E-state index in [1.807, 2.05) is 30.3 Å². The Balaban J connectivity index is 1.98. The average molecular weight is 284 g/mol. The van der Waals surface area contributed by atoms with Crippen molar-refractivity contribution in [1.82, 2.24) is 9.03 Å². The Morgan fingerprint density at radius 2 is 2.11 bits per heavy atom. The first kappa shape index (κ1) is 14.3. The van der Waals surface area contributed by atoms with Gasteiger partial charge in [0, 0.05) is 13.1 Å². The molecule has 1 aliphatic heterocycles. The zero-order valence-corrected chi connectivity index (χ0v) is 11.9. The fourth-order valence-corrected chi connectivity index (χ4v) is 3.46. The predicted molar refractivity (Wildman–Crippen MR) is 74.3 cm³/mol. The number of nitrogens with one attached hydrogen (secondary N) is 1. The first-order valence-corrected chi connectivity index (χ1v) is 8.02. The van der Waals surface area contributed by atoms with E-state index in [9.17, 15) is 8.42 Å². The number of hydrogen-bond donors (Lipinski definition) is 1. The maximum Gasteiger partial charge on any atom is 0.279 e. The minimum atomic E-state index is -3.36. The van der Waals surface area contributed by atoms with Crippen molar-refractivity contribution < 1.29 is 13.2 Å². The topological polar surface area (TPSA) is 58.6 Å². The maximum atomic E-state index is 11.9. The van der Waals surface area contributed by atoms with Gasteiger partial charge in [0.2, 0.25) is 0 Å². The molecule has 0 aliphatic carbocycles. The van der Waals surface area contributed by atoms with Gasteiger partial charge in [0.15, 0.2) is 0 Å². The summed E-state index contributed by atoms with van der Waals surface area (Å²) in [4.78, 5) is 0. The van der Waals surface area contributed by atoms with Crippen LogP contribution < -0.4 is 9.46 Å². The van der Waals surface area contributed by atoms with E-state index in [1.54, 1.807) is 6.92 Å². The zero-order valence-electron chi connectivity index (χ0n) is 11.1. The molecule has 1 atom stereocenters. The molecule has 0 amide bonds. The van der Waals surface area contributed by atoms with E-state index >= 15 is 0 Å². The second kappa shape index (κ2) is 6.36. The van der Waals surface area contributed by atoms with Crippen molar-refractivity contribution in [3.05, 3.63) is 30.3 Å². The summed E-state index contributed by atoms with van der Waals surface area (Å²) < 4.78 is 33.7. The van der Waals surface area contributed by atoms with Gasteiger partial charge < -0.3 is 4.74 Å². The van der Waals surface area contributed by atoms with Crippen LogP contribution in [0.2, 0.25) is 0 Å². The molecule has 1 fully saturated rings. The second-order valence-corrected chi connectivity index (χ2v) is 6.31. The van der Waals surface area contributed by atoms with Crippen molar-refractivity contribution in [3.63, 3.8) is 0 Å². The summed E-state index contributed by atoms with van der Waals surface area (Å²) in [7, 11) is -3.36. The maximum absolute atomic E-state index is 11.9. The molecule has 1 aromatic carbocycles. The van der Waals surface area contributed by atoms with Crippen molar-refractivity contribution in [2.24, 2.45) is 0 Å². The second-order valence-electron chi connectivity index (χ2n) is 4.56. The van der Waals surface area contributed by atoms with Gasteiger partial charge in [-0.15, -0.1) is 0 Å². The van der Waals surface area contributed by atoms with Crippen molar-refractivity contribution in [2.45, 2.75) is 25.9 Å². The SMILES string of the molecule is CCNS(=O)(=O)N1CCCC(Oc2ccccc2)C1. The molecule has 19 heavy (non-hydrogen) atoms. The van der Waals surface area contributed by atoms with E-state index in [0.29, 0.717) is 19.6 Å². The van der Waals surface area contributed by atoms with E-state index in [-0.39, 0.29) is 6.10 Å². The summed E-state index contributed by atoms with van der Waals surface area (Å²) >= 11 is 0. The minimum absolute atomic E-state index is 0.0791. The van der Waals surface area contributed by atoms with Gasteiger partial charge in [-0.3, -0.25) is 0 Å². The lowest BCUT2D eigenvalue weighted by Gasteiger charge is -2.31. The summed E-state index contributed by atoms with van der Waals surface area (Å²) in [5, 5.41) is 0. The number of para-hydroxylation sites is 1. The average Bonchev–Trinajstić information content (AvgIpc) is 2.40. The van der Waals surface area contributed by atoms with E-state index < -0.39 is 10.2 Å². The van der Waals surface area contributed by atoms with E-state index in [2.05, 4.69) is 4.72 Å². The van der Waals surface area contributed by atoms with Crippen LogP contribution in [0, 0.1) is 0 Å². The van der Waals surface area contributed by atoms with Crippen molar-refractivity contribution in [2.75, 3.05) is 19.6 Å². The predicted octanol–water partition coefficient (Wildman–Crippen LogP) is 1.38. The zero-order chi connectivity index (χ0) is 13.7. The molecule has 1 aliphatic rings. The van der Waals surface area contributed by atoms with E-state index in [4.69, 9.17) is 4.74 Å². The third-order valence-corrected chi connectivity index (χ3v) is 4.72. The van der Waals surface area contributed by atoms with Crippen LogP contribution in [-0.2, 0) is 10.2 Å². The van der Waals surface area contributed by atoms with Gasteiger partial charge in [-0.25, -0.2) is 4.72 Å². The van der Waals surface area contributed by atoms with Crippen molar-refractivity contribution in [1.29, 1.82) is 0 Å². The van der Waals surface area contributed by atoms with Gasteiger partial charge in [0.1, 0.15) is 11.9 Å². The molecule has 0 spiro atoms. The molecule has 0 radical (unpaired) electrons. The Kier molecular flexibility index (Phi) is 4.79. The van der Waals surface area contributed by atoms with Gasteiger partial charge in [-0.1, -0.05) is 25.1 Å². The molecular formula is C13H20N2O3S. The van der Waals surface area contributed by atoms with Gasteiger partial charge >= 0.3 is 0 Å². The Morgan fingerprint density at radius 3 is 2.79 bits per heavy atom. The number of nitrogens with zero attached hydrogens (tertiary/aromatic N) is 1. The fraction of sp³-hybridized carbons (Fsp3) is 0.538. The molecule has 5 nitrogen and oxygen atoms in total. The molecule has 1 unspecified atom stereocenters. The summed E-state index contributed by atoms with van der Waals surface area (Å²) in [6.07, 6.45) is 1.62. The number of hydrogen-bond acceptors (Lipinski definition) is 3. The van der Waals surface area contributed by atoms with Crippen molar-refractivity contribution >= 4 is 10.2 Å². The summed E-state index contributed by atoms with van der Waals surface area (Å²) in [6.45, 7) is 3.15. The lowest BCUT2D eigenvalue weighted by Crippen LogP contribution is -2.48. The molecule has 0 aromatic heterocycles. The van der Waals surface area contributed by atoms with Gasteiger partial charge in [0.25, 0.3) is 10.2 Å². The smallest absolute Gasteiger partial charge is 0.279 e. The quantitative estimate of drug-likeness (QED) is 0.889. The van der Waals surface area contributed by atoms with Gasteiger partial charge in [-0.05, 0) is 25.0 Å². The van der Waals surface area contributed by atoms with Crippen LogP contribution in [0.5, 0.6) is 5.75 Å². The fourth-order valence-electron chi connectivity index (χ4n) is 2.18. The molecule has 1 N–H and O–H groups in total. The molecule has 2 rings (SSSR count). The first-order valence-electron chi connectivity index (χ1n) is 6.58. The van der Waals surface area contributed by atoms with Crippen LogP contribution >= 0.6 is 0 Å². The standard InChI is InChI=1S/C13H20N2O3S/c1-2-14-19(16,17)15-10-6-9-13(11-15)18-12-7-4-3-5-8-12/h3-5,7-8,13-14H,2,6,9-11H2,1H3. The minimum Gasteiger partial charge on any atom is -0.489 e. The number of piperidine rings is 1. The summed E-state index contributed by atoms with van der Waals surface area (Å²) in [5.41, 5.74) is 0. The van der Waals surface area contributed by atoms with Crippen LogP contribution in [0.25, 0.3) is 0 Å². The van der Waals surface area contributed by atoms with Crippen LogP contribution in [0.4, 0.5) is 0 Å². The van der Waals surface area contributed by atoms with Crippen LogP contribution in [0.1, 0.15) is 19.8 Å². The Hall–Kier alpha value is -1.11. The number of benzene rings is 1. The van der Waals surface area contributed by atoms with E-state index in [1.165, 1.54) is 4.31 Å². The van der Waals surface area contributed by atoms with Crippen LogP contribution in [-0.4, -0.2) is 38.5 Å². The highest BCUT2D eigenvalue weighted by atomic mass is 32.2. The highest BCUT2D eigenvalue weighted by Gasteiger charge is 2.29. The molecule has 1 aromatic rings. The number of ether oxygens (including phenoxy) is 1. The summed E-state index contributed by atoms with van der Waals surface area (Å²) in [5.74, 6) is 0.787.